The van der Waals surface area contributed by atoms with Crippen LogP contribution in [0.25, 0.3) is 6.08 Å². The van der Waals surface area contributed by atoms with E-state index in [4.69, 9.17) is 18.9 Å². The highest BCUT2D eigenvalue weighted by Crippen LogP contribution is 2.42. The summed E-state index contributed by atoms with van der Waals surface area (Å²) >= 11 is 0. The van der Waals surface area contributed by atoms with Crippen LogP contribution in [0.1, 0.15) is 53.4 Å². The quantitative estimate of drug-likeness (QED) is 0.460. The first kappa shape index (κ1) is 21.7. The van der Waals surface area contributed by atoms with Gasteiger partial charge >= 0.3 is 0 Å². The third-order valence-corrected chi connectivity index (χ3v) is 6.60. The van der Waals surface area contributed by atoms with Crippen molar-refractivity contribution in [3.8, 4) is 23.0 Å². The van der Waals surface area contributed by atoms with Crippen LogP contribution in [0.4, 0.5) is 0 Å². The first-order valence-electron chi connectivity index (χ1n) is 11.8. The van der Waals surface area contributed by atoms with Crippen LogP contribution in [0.5, 0.6) is 23.0 Å². The maximum absolute atomic E-state index is 13.1. The highest BCUT2D eigenvalue weighted by Gasteiger charge is 2.33. The van der Waals surface area contributed by atoms with Gasteiger partial charge in [-0.1, -0.05) is 51.1 Å². The third-order valence-electron chi connectivity index (χ3n) is 6.60. The van der Waals surface area contributed by atoms with E-state index in [0.29, 0.717) is 36.9 Å². The molecule has 0 radical (unpaired) electrons. The Balaban J connectivity index is 1.23. The van der Waals surface area contributed by atoms with Gasteiger partial charge in [-0.25, -0.2) is 0 Å². The zero-order valence-corrected chi connectivity index (χ0v) is 20.1. The van der Waals surface area contributed by atoms with Crippen LogP contribution in [0.3, 0.4) is 0 Å². The van der Waals surface area contributed by atoms with Gasteiger partial charge in [-0.05, 0) is 52.4 Å². The van der Waals surface area contributed by atoms with Crippen LogP contribution in [-0.4, -0.2) is 24.2 Å². The van der Waals surface area contributed by atoms with Crippen molar-refractivity contribution in [2.24, 2.45) is 0 Å². The fraction of sp³-hybridized carbons (Fsp3) is 0.276. The monoisotopic (exact) mass is 469 g/mol. The van der Waals surface area contributed by atoms with Gasteiger partial charge in [0, 0.05) is 13.1 Å². The molecule has 0 N–H and O–H groups in total. The number of ketones is 1. The van der Waals surface area contributed by atoms with Crippen LogP contribution >= 0.6 is 0 Å². The molecule has 0 aromatic heterocycles. The SMILES string of the molecule is CC(C)(C)c1ccc(/C=C2\Oc3c(ccc4c3CN(Cc3ccc5c(c3)OCO5)CO4)C2=O)cc1. The Hall–Kier alpha value is -3.77. The molecule has 6 nitrogen and oxygen atoms in total. The fourth-order valence-corrected chi connectivity index (χ4v) is 4.63. The second-order valence-electron chi connectivity index (χ2n) is 10.2. The lowest BCUT2D eigenvalue weighted by atomic mass is 9.86. The zero-order valence-electron chi connectivity index (χ0n) is 20.1. The number of carbonyl (C=O) groups is 1. The molecule has 3 aliphatic heterocycles. The third kappa shape index (κ3) is 4.04. The van der Waals surface area contributed by atoms with Crippen molar-refractivity contribution >= 4 is 11.9 Å². The van der Waals surface area contributed by atoms with Gasteiger partial charge < -0.3 is 18.9 Å². The van der Waals surface area contributed by atoms with Crippen molar-refractivity contribution in [1.29, 1.82) is 0 Å². The van der Waals surface area contributed by atoms with Crippen LogP contribution in [0.2, 0.25) is 0 Å². The van der Waals surface area contributed by atoms with Gasteiger partial charge in [-0.15, -0.1) is 0 Å². The topological polar surface area (TPSA) is 57.2 Å². The minimum Gasteiger partial charge on any atom is -0.478 e. The van der Waals surface area contributed by atoms with E-state index in [2.05, 4.69) is 37.8 Å². The average molecular weight is 470 g/mol. The van der Waals surface area contributed by atoms with E-state index >= 15 is 0 Å². The standard InChI is InChI=1S/C29H27NO5/c1-29(2,3)20-7-4-18(5-8-20)12-26-27(31)21-9-11-23-22(28(21)35-26)15-30(16-32-23)14-19-6-10-24-25(13-19)34-17-33-24/h4-13H,14-17H2,1-3H3/b26-12-. The summed E-state index contributed by atoms with van der Waals surface area (Å²) in [4.78, 5) is 15.3. The Labute approximate surface area is 204 Å². The molecule has 0 aliphatic carbocycles. The van der Waals surface area contributed by atoms with Gasteiger partial charge in [0.2, 0.25) is 12.6 Å². The summed E-state index contributed by atoms with van der Waals surface area (Å²) < 4.78 is 23.1. The highest BCUT2D eigenvalue weighted by atomic mass is 16.7. The van der Waals surface area contributed by atoms with Crippen molar-refractivity contribution < 1.29 is 23.7 Å². The minimum atomic E-state index is -0.101. The van der Waals surface area contributed by atoms with E-state index in [1.165, 1.54) is 5.56 Å². The predicted molar refractivity (Wildman–Crippen MR) is 132 cm³/mol. The van der Waals surface area contributed by atoms with Gasteiger partial charge in [-0.2, -0.15) is 0 Å². The molecule has 6 heteroatoms. The number of hydrogen-bond acceptors (Lipinski definition) is 6. The summed E-state index contributed by atoms with van der Waals surface area (Å²) in [7, 11) is 0. The Morgan fingerprint density at radius 2 is 1.69 bits per heavy atom. The molecular weight excluding hydrogens is 442 g/mol. The number of allylic oxidation sites excluding steroid dienone is 1. The van der Waals surface area contributed by atoms with Crippen molar-refractivity contribution in [3.63, 3.8) is 0 Å². The van der Waals surface area contributed by atoms with Gasteiger partial charge in [0.25, 0.3) is 0 Å². The predicted octanol–water partition coefficient (Wildman–Crippen LogP) is 5.68. The molecular formula is C29H27NO5. The lowest BCUT2D eigenvalue weighted by Gasteiger charge is -2.29. The van der Waals surface area contributed by atoms with Crippen LogP contribution in [0, 0.1) is 0 Å². The molecule has 3 aromatic rings. The molecule has 3 aromatic carbocycles. The van der Waals surface area contributed by atoms with Crippen molar-refractivity contribution in [2.45, 2.75) is 39.3 Å². The normalized spacial score (nSPS) is 17.7. The first-order chi connectivity index (χ1) is 16.8. The molecule has 0 saturated heterocycles. The maximum atomic E-state index is 13.1. The number of carbonyl (C=O) groups excluding carboxylic acids is 1. The minimum absolute atomic E-state index is 0.0765. The number of Topliss-reactive ketones (excluding diaryl/α,β-unsaturated/α-hetero) is 1. The lowest BCUT2D eigenvalue weighted by molar-refractivity contribution is 0.0872. The van der Waals surface area contributed by atoms with E-state index < -0.39 is 0 Å². The van der Waals surface area contributed by atoms with Crippen LogP contribution in [0.15, 0.2) is 60.4 Å². The molecule has 3 heterocycles. The van der Waals surface area contributed by atoms with E-state index in [1.807, 2.05) is 42.5 Å². The molecule has 0 spiro atoms. The number of nitrogens with zero attached hydrogens (tertiary/aromatic N) is 1. The van der Waals surface area contributed by atoms with E-state index in [-0.39, 0.29) is 18.0 Å². The van der Waals surface area contributed by atoms with Crippen LogP contribution < -0.4 is 18.9 Å². The summed E-state index contributed by atoms with van der Waals surface area (Å²) in [6, 6.07) is 17.9. The largest absolute Gasteiger partial charge is 0.478 e. The summed E-state index contributed by atoms with van der Waals surface area (Å²) in [6.45, 7) is 8.56. The summed E-state index contributed by atoms with van der Waals surface area (Å²) in [5.41, 5.74) is 4.83. The molecule has 178 valence electrons. The smallest absolute Gasteiger partial charge is 0.231 e. The maximum Gasteiger partial charge on any atom is 0.231 e. The Morgan fingerprint density at radius 3 is 2.49 bits per heavy atom. The number of fused-ring (bicyclic) bond motifs is 4. The molecule has 0 bridgehead atoms. The molecule has 0 saturated carbocycles. The van der Waals surface area contributed by atoms with E-state index in [9.17, 15) is 4.79 Å². The fourth-order valence-electron chi connectivity index (χ4n) is 4.63. The number of rotatable bonds is 3. The summed E-state index contributed by atoms with van der Waals surface area (Å²) in [5, 5.41) is 0. The van der Waals surface area contributed by atoms with Gasteiger partial charge in [0.05, 0.1) is 11.1 Å². The molecule has 3 aliphatic rings. The van der Waals surface area contributed by atoms with E-state index in [0.717, 1.165) is 33.9 Å². The Kier molecular flexibility index (Phi) is 5.07. The second kappa shape index (κ2) is 8.17. The Morgan fingerprint density at radius 1 is 0.914 bits per heavy atom. The molecule has 0 unspecified atom stereocenters. The number of hydrogen-bond donors (Lipinski definition) is 0. The molecule has 0 amide bonds. The number of ether oxygens (including phenoxy) is 4. The van der Waals surface area contributed by atoms with Crippen LogP contribution in [-0.2, 0) is 18.5 Å². The summed E-state index contributed by atoms with van der Waals surface area (Å²) in [6.07, 6.45) is 1.81. The van der Waals surface area contributed by atoms with Crippen molar-refractivity contribution in [2.75, 3.05) is 13.5 Å². The molecule has 0 atom stereocenters. The van der Waals surface area contributed by atoms with Gasteiger partial charge in [0.1, 0.15) is 18.2 Å². The van der Waals surface area contributed by atoms with Gasteiger partial charge in [-0.3, -0.25) is 9.69 Å². The molecule has 35 heavy (non-hydrogen) atoms. The molecule has 6 rings (SSSR count). The highest BCUT2D eigenvalue weighted by molar-refractivity contribution is 6.15. The number of benzene rings is 3. The molecule has 0 fully saturated rings. The second-order valence-corrected chi connectivity index (χ2v) is 10.2. The zero-order chi connectivity index (χ0) is 24.2. The average Bonchev–Trinajstić information content (AvgIpc) is 3.43. The first-order valence-corrected chi connectivity index (χ1v) is 11.8. The Bertz CT molecular complexity index is 1350. The van der Waals surface area contributed by atoms with Crippen molar-refractivity contribution in [1.82, 2.24) is 4.90 Å². The van der Waals surface area contributed by atoms with Gasteiger partial charge in [0.15, 0.2) is 17.3 Å². The lowest BCUT2D eigenvalue weighted by Crippen LogP contribution is -2.31. The summed E-state index contributed by atoms with van der Waals surface area (Å²) in [5.74, 6) is 3.13. The van der Waals surface area contributed by atoms with Crippen molar-refractivity contribution in [3.05, 3.63) is 88.2 Å². The van der Waals surface area contributed by atoms with E-state index in [1.54, 1.807) is 6.07 Å².